The zero-order chi connectivity index (χ0) is 24.9. The number of carbonyl (C=O) groups is 4. The summed E-state index contributed by atoms with van der Waals surface area (Å²) in [6, 6.07) is 0. The molecular weight excluding hydrogens is 432 g/mol. The van der Waals surface area contributed by atoms with Gasteiger partial charge in [0.25, 0.3) is 0 Å². The monoisotopic (exact) mass is 474 g/mol. The molecule has 12 heteroatoms. The third kappa shape index (κ3) is 38.1. The van der Waals surface area contributed by atoms with E-state index in [1.54, 1.807) is 0 Å². The van der Waals surface area contributed by atoms with Gasteiger partial charge in [0, 0.05) is 0 Å². The second-order valence-electron chi connectivity index (χ2n) is 4.31. The van der Waals surface area contributed by atoms with Gasteiger partial charge < -0.3 is 38.6 Å². The molecule has 0 spiro atoms. The lowest BCUT2D eigenvalue weighted by Gasteiger charge is -2.05. The second kappa shape index (κ2) is 35.8. The van der Waals surface area contributed by atoms with Crippen LogP contribution in [0, 0.1) is 0 Å². The number of rotatable bonds is 11. The van der Waals surface area contributed by atoms with Crippen LogP contribution in [-0.2, 0) is 38.0 Å². The van der Waals surface area contributed by atoms with Gasteiger partial charge in [0.1, 0.15) is 32.8 Å². The lowest BCUT2D eigenvalue weighted by Crippen LogP contribution is -2.17. The summed E-state index contributed by atoms with van der Waals surface area (Å²) < 4.78 is 26.5. The van der Waals surface area contributed by atoms with Crippen LogP contribution in [0.15, 0.2) is 0 Å². The zero-order valence-corrected chi connectivity index (χ0v) is 19.3. The number of aliphatic hydroxyl groups is 2. The normalized spacial score (nSPS) is 8.12. The van der Waals surface area contributed by atoms with E-state index in [4.69, 9.17) is 10.2 Å². The zero-order valence-electron chi connectivity index (χ0n) is 19.3. The number of ether oxygens (including phenoxy) is 6. The van der Waals surface area contributed by atoms with Gasteiger partial charge in [-0.15, -0.1) is 0 Å². The quantitative estimate of drug-likeness (QED) is 0.195. The number of hydrogen-bond donors (Lipinski definition) is 2. The van der Waals surface area contributed by atoms with Gasteiger partial charge in [-0.1, -0.05) is 42.0 Å². The first-order valence-electron chi connectivity index (χ1n) is 9.94. The standard InChI is InChI=1S/C9H14O8.C6H12O4.2C2H6.CH4/c1-14-7(11)6-8(12)15-4-5-17-9(13)16-3-2-10;1-2-4-9-6(8)10-5-3-7;2*1-2;/h10H,2-6H2,1H3;7H,2-5H2,1H3;2*1-2H3;1H4. The molecular formula is C20H42O12. The highest BCUT2D eigenvalue weighted by atomic mass is 16.7. The molecule has 0 radical (unpaired) electrons. The SMILES string of the molecule is C.CC.CC.CCCOC(=O)OCCO.COC(=O)CC(=O)OCCOC(=O)OCCO. The molecule has 0 atom stereocenters. The van der Waals surface area contributed by atoms with E-state index in [1.807, 2.05) is 34.6 Å². The van der Waals surface area contributed by atoms with E-state index in [0.29, 0.717) is 6.61 Å². The van der Waals surface area contributed by atoms with Crippen molar-refractivity contribution in [3.63, 3.8) is 0 Å². The van der Waals surface area contributed by atoms with Crippen molar-refractivity contribution in [3.05, 3.63) is 0 Å². The summed E-state index contributed by atoms with van der Waals surface area (Å²) in [4.78, 5) is 42.6. The fraction of sp³-hybridized carbons (Fsp3) is 0.800. The van der Waals surface area contributed by atoms with Crippen LogP contribution in [0.25, 0.3) is 0 Å². The maximum absolute atomic E-state index is 10.9. The molecule has 0 unspecified atom stereocenters. The molecule has 0 aliphatic heterocycles. The van der Waals surface area contributed by atoms with Gasteiger partial charge >= 0.3 is 24.2 Å². The Kier molecular flexibility index (Phi) is 44.6. The van der Waals surface area contributed by atoms with Crippen LogP contribution in [0.5, 0.6) is 0 Å². The van der Waals surface area contributed by atoms with E-state index in [2.05, 4.69) is 28.4 Å². The Morgan fingerprint density at radius 1 is 0.625 bits per heavy atom. The van der Waals surface area contributed by atoms with Gasteiger partial charge in [0.15, 0.2) is 0 Å². The van der Waals surface area contributed by atoms with Crippen molar-refractivity contribution >= 4 is 24.2 Å². The molecule has 0 saturated carbocycles. The van der Waals surface area contributed by atoms with Gasteiger partial charge in [0.2, 0.25) is 0 Å². The highest BCUT2D eigenvalue weighted by molar-refractivity contribution is 5.91. The van der Waals surface area contributed by atoms with Gasteiger partial charge in [-0.2, -0.15) is 0 Å². The highest BCUT2D eigenvalue weighted by Gasteiger charge is 2.11. The first-order valence-corrected chi connectivity index (χ1v) is 9.94. The average molecular weight is 475 g/mol. The van der Waals surface area contributed by atoms with E-state index >= 15 is 0 Å². The van der Waals surface area contributed by atoms with Crippen molar-refractivity contribution in [2.45, 2.75) is 54.9 Å². The minimum absolute atomic E-state index is 0. The Hall–Kier alpha value is -2.60. The second-order valence-corrected chi connectivity index (χ2v) is 4.31. The van der Waals surface area contributed by atoms with E-state index in [9.17, 15) is 19.2 Å². The predicted molar refractivity (Wildman–Crippen MR) is 116 cm³/mol. The Bertz CT molecular complexity index is 417. The van der Waals surface area contributed by atoms with Crippen molar-refractivity contribution in [1.82, 2.24) is 0 Å². The predicted octanol–water partition coefficient (Wildman–Crippen LogP) is 2.47. The summed E-state index contributed by atoms with van der Waals surface area (Å²) in [5.41, 5.74) is 0. The summed E-state index contributed by atoms with van der Waals surface area (Å²) in [5, 5.41) is 16.5. The van der Waals surface area contributed by atoms with E-state index in [1.165, 1.54) is 0 Å². The molecule has 0 bridgehead atoms. The fourth-order valence-corrected chi connectivity index (χ4v) is 1.05. The molecule has 194 valence electrons. The number of methoxy groups -OCH3 is 1. The Balaban J connectivity index is -0.000000139. The Labute approximate surface area is 191 Å². The number of carbonyl (C=O) groups excluding carboxylic acids is 4. The molecule has 12 nitrogen and oxygen atoms in total. The van der Waals surface area contributed by atoms with Gasteiger partial charge in [-0.05, 0) is 6.42 Å². The maximum atomic E-state index is 10.9. The summed E-state index contributed by atoms with van der Waals surface area (Å²) in [5.74, 6) is -1.48. The summed E-state index contributed by atoms with van der Waals surface area (Å²) in [7, 11) is 1.15. The van der Waals surface area contributed by atoms with Crippen LogP contribution in [0.3, 0.4) is 0 Å². The molecule has 0 aliphatic rings. The number of hydrogen-bond acceptors (Lipinski definition) is 12. The topological polar surface area (TPSA) is 164 Å². The van der Waals surface area contributed by atoms with Gasteiger partial charge in [-0.3, -0.25) is 9.59 Å². The number of aliphatic hydroxyl groups excluding tert-OH is 2. The molecule has 0 heterocycles. The van der Waals surface area contributed by atoms with Crippen LogP contribution in [0.1, 0.15) is 54.9 Å². The number of esters is 2. The van der Waals surface area contributed by atoms with Gasteiger partial charge in [-0.25, -0.2) is 9.59 Å². The van der Waals surface area contributed by atoms with Crippen LogP contribution in [0.4, 0.5) is 9.59 Å². The third-order valence-electron chi connectivity index (χ3n) is 2.13. The lowest BCUT2D eigenvalue weighted by molar-refractivity contribution is -0.153. The van der Waals surface area contributed by atoms with Crippen molar-refractivity contribution in [2.75, 3.05) is 53.4 Å². The van der Waals surface area contributed by atoms with Crippen molar-refractivity contribution in [2.24, 2.45) is 0 Å². The molecule has 2 N–H and O–H groups in total. The first-order chi connectivity index (χ1) is 14.9. The average Bonchev–Trinajstić information content (AvgIpc) is 2.80. The molecule has 0 fully saturated rings. The van der Waals surface area contributed by atoms with Crippen molar-refractivity contribution < 1.29 is 57.8 Å². The van der Waals surface area contributed by atoms with Gasteiger partial charge in [0.05, 0.1) is 26.9 Å². The smallest absolute Gasteiger partial charge is 0.469 e. The highest BCUT2D eigenvalue weighted by Crippen LogP contribution is 1.91. The molecule has 0 amide bonds. The molecule has 0 aromatic rings. The molecule has 0 rings (SSSR count). The first kappa shape index (κ1) is 39.8. The minimum atomic E-state index is -0.969. The van der Waals surface area contributed by atoms with Crippen LogP contribution in [-0.4, -0.2) is 87.8 Å². The van der Waals surface area contributed by atoms with Crippen LogP contribution >= 0.6 is 0 Å². The Morgan fingerprint density at radius 2 is 1.00 bits per heavy atom. The molecule has 0 saturated heterocycles. The van der Waals surface area contributed by atoms with E-state index < -0.39 is 30.7 Å². The van der Waals surface area contributed by atoms with E-state index in [-0.39, 0.29) is 47.1 Å². The molecule has 0 aliphatic carbocycles. The molecule has 0 aromatic heterocycles. The van der Waals surface area contributed by atoms with E-state index in [0.717, 1.165) is 13.5 Å². The summed E-state index contributed by atoms with van der Waals surface area (Å²) >= 11 is 0. The third-order valence-corrected chi connectivity index (χ3v) is 2.13. The minimum Gasteiger partial charge on any atom is -0.469 e. The van der Waals surface area contributed by atoms with Crippen LogP contribution < -0.4 is 0 Å². The summed E-state index contributed by atoms with van der Waals surface area (Å²) in [6.45, 7) is 9.23. The lowest BCUT2D eigenvalue weighted by atomic mass is 10.4. The Morgan fingerprint density at radius 3 is 1.38 bits per heavy atom. The van der Waals surface area contributed by atoms with Crippen molar-refractivity contribution in [1.29, 1.82) is 0 Å². The van der Waals surface area contributed by atoms with Crippen molar-refractivity contribution in [3.8, 4) is 0 Å². The van der Waals surface area contributed by atoms with Crippen LogP contribution in [0.2, 0.25) is 0 Å². The fourth-order valence-electron chi connectivity index (χ4n) is 1.05. The summed E-state index contributed by atoms with van der Waals surface area (Å²) in [6.07, 6.45) is -1.40. The maximum Gasteiger partial charge on any atom is 0.508 e. The largest absolute Gasteiger partial charge is 0.508 e. The molecule has 0 aromatic carbocycles. The molecule has 32 heavy (non-hydrogen) atoms.